The molecular formula is C17H28O6. The number of ether oxygens (including phenoxy) is 4. The van der Waals surface area contributed by atoms with Gasteiger partial charge in [-0.2, -0.15) is 0 Å². The smallest absolute Gasteiger partial charge is 0.169 e. The van der Waals surface area contributed by atoms with Crippen LogP contribution >= 0.6 is 0 Å². The summed E-state index contributed by atoms with van der Waals surface area (Å²) in [6.07, 6.45) is 6.00. The standard InChI is InChI=1S/C9H16O3.C8H12O3/c1-8(10)2-4-9(5-3-8)11-6-7-12-9;9-7-1-3-8(4-2-7)10-5-6-11-8/h10H,2-7H2,1H3;1-6H2. The molecule has 4 aliphatic rings. The zero-order chi connectivity index (χ0) is 16.4. The lowest BCUT2D eigenvalue weighted by molar-refractivity contribution is -0.199. The minimum absolute atomic E-state index is 0.331. The van der Waals surface area contributed by atoms with Crippen LogP contribution in [-0.2, 0) is 23.7 Å². The molecule has 0 aromatic carbocycles. The molecule has 1 N–H and O–H groups in total. The van der Waals surface area contributed by atoms with E-state index in [1.165, 1.54) is 0 Å². The van der Waals surface area contributed by atoms with Crippen LogP contribution in [0.15, 0.2) is 0 Å². The number of Topliss-reactive ketones (excluding diaryl/α,β-unsaturated/α-hetero) is 1. The van der Waals surface area contributed by atoms with Gasteiger partial charge in [0, 0.05) is 38.5 Å². The molecule has 0 aromatic heterocycles. The first-order chi connectivity index (χ1) is 10.9. The first-order valence-electron chi connectivity index (χ1n) is 8.73. The average Bonchev–Trinajstić information content (AvgIpc) is 3.18. The van der Waals surface area contributed by atoms with Gasteiger partial charge in [-0.3, -0.25) is 4.79 Å². The molecule has 0 radical (unpaired) electrons. The highest BCUT2D eigenvalue weighted by Crippen LogP contribution is 2.39. The van der Waals surface area contributed by atoms with Gasteiger partial charge >= 0.3 is 0 Å². The van der Waals surface area contributed by atoms with Crippen molar-refractivity contribution in [1.29, 1.82) is 0 Å². The van der Waals surface area contributed by atoms with Crippen LogP contribution in [0.1, 0.15) is 58.3 Å². The monoisotopic (exact) mass is 328 g/mol. The van der Waals surface area contributed by atoms with Gasteiger partial charge in [-0.15, -0.1) is 0 Å². The van der Waals surface area contributed by atoms with E-state index in [-0.39, 0.29) is 11.6 Å². The van der Waals surface area contributed by atoms with Crippen molar-refractivity contribution in [2.24, 2.45) is 0 Å². The van der Waals surface area contributed by atoms with Crippen molar-refractivity contribution in [2.75, 3.05) is 26.4 Å². The molecule has 23 heavy (non-hydrogen) atoms. The SMILES string of the molecule is CC1(O)CCC2(CC1)OCCO2.O=C1CCC2(CC1)OCCO2. The maximum atomic E-state index is 10.9. The van der Waals surface area contributed by atoms with Crippen LogP contribution < -0.4 is 0 Å². The highest BCUT2D eigenvalue weighted by atomic mass is 16.7. The van der Waals surface area contributed by atoms with Gasteiger partial charge < -0.3 is 24.1 Å². The number of carbonyl (C=O) groups excluding carboxylic acids is 1. The summed E-state index contributed by atoms with van der Waals surface area (Å²) in [7, 11) is 0. The molecule has 2 heterocycles. The fourth-order valence-corrected chi connectivity index (χ4v) is 3.65. The number of hydrogen-bond donors (Lipinski definition) is 1. The van der Waals surface area contributed by atoms with Gasteiger partial charge in [0.05, 0.1) is 32.0 Å². The van der Waals surface area contributed by atoms with Crippen molar-refractivity contribution in [3.63, 3.8) is 0 Å². The summed E-state index contributed by atoms with van der Waals surface area (Å²) in [5.74, 6) is -0.356. The normalized spacial score (nSPS) is 31.1. The lowest BCUT2D eigenvalue weighted by Crippen LogP contribution is -2.41. The maximum Gasteiger partial charge on any atom is 0.169 e. The quantitative estimate of drug-likeness (QED) is 0.732. The lowest BCUT2D eigenvalue weighted by Gasteiger charge is -2.38. The average molecular weight is 328 g/mol. The zero-order valence-electron chi connectivity index (χ0n) is 14.0. The van der Waals surface area contributed by atoms with Gasteiger partial charge in [0.1, 0.15) is 5.78 Å². The van der Waals surface area contributed by atoms with E-state index < -0.39 is 5.60 Å². The second-order valence-corrected chi connectivity index (χ2v) is 7.25. The Morgan fingerprint density at radius 2 is 1.13 bits per heavy atom. The molecule has 6 heteroatoms. The number of ketones is 1. The molecule has 2 saturated carbocycles. The fourth-order valence-electron chi connectivity index (χ4n) is 3.65. The zero-order valence-corrected chi connectivity index (χ0v) is 14.0. The molecule has 4 fully saturated rings. The predicted molar refractivity (Wildman–Crippen MR) is 81.8 cm³/mol. The Bertz CT molecular complexity index is 397. The molecule has 132 valence electrons. The summed E-state index contributed by atoms with van der Waals surface area (Å²) >= 11 is 0. The number of carbonyl (C=O) groups is 1. The van der Waals surface area contributed by atoms with Crippen LogP contribution in [0.5, 0.6) is 0 Å². The lowest BCUT2D eigenvalue weighted by atomic mass is 9.83. The molecule has 4 rings (SSSR count). The van der Waals surface area contributed by atoms with Crippen molar-refractivity contribution in [3.05, 3.63) is 0 Å². The van der Waals surface area contributed by atoms with Gasteiger partial charge in [-0.05, 0) is 19.8 Å². The van der Waals surface area contributed by atoms with E-state index in [9.17, 15) is 9.90 Å². The molecule has 2 aliphatic heterocycles. The molecule has 0 bridgehead atoms. The van der Waals surface area contributed by atoms with Gasteiger partial charge in [-0.1, -0.05) is 0 Å². The minimum atomic E-state index is -0.499. The van der Waals surface area contributed by atoms with Crippen LogP contribution in [0.25, 0.3) is 0 Å². The second-order valence-electron chi connectivity index (χ2n) is 7.25. The summed E-state index contributed by atoms with van der Waals surface area (Å²) in [5, 5.41) is 9.71. The molecule has 2 aliphatic carbocycles. The topological polar surface area (TPSA) is 74.2 Å². The second kappa shape index (κ2) is 6.76. The van der Waals surface area contributed by atoms with Gasteiger partial charge in [0.2, 0.25) is 0 Å². The van der Waals surface area contributed by atoms with Gasteiger partial charge in [-0.25, -0.2) is 0 Å². The van der Waals surface area contributed by atoms with E-state index in [1.54, 1.807) is 0 Å². The van der Waals surface area contributed by atoms with Crippen LogP contribution in [-0.4, -0.2) is 54.5 Å². The van der Waals surface area contributed by atoms with Crippen molar-refractivity contribution in [1.82, 2.24) is 0 Å². The van der Waals surface area contributed by atoms with Gasteiger partial charge in [0.15, 0.2) is 11.6 Å². The maximum absolute atomic E-state index is 10.9. The summed E-state index contributed by atoms with van der Waals surface area (Å²) in [5.41, 5.74) is -0.499. The van der Waals surface area contributed by atoms with Crippen LogP contribution in [0.2, 0.25) is 0 Å². The molecule has 2 spiro atoms. The molecule has 6 nitrogen and oxygen atoms in total. The van der Waals surface area contributed by atoms with Crippen LogP contribution in [0.4, 0.5) is 0 Å². The fraction of sp³-hybridized carbons (Fsp3) is 0.941. The van der Waals surface area contributed by atoms with Crippen molar-refractivity contribution in [3.8, 4) is 0 Å². The van der Waals surface area contributed by atoms with Crippen molar-refractivity contribution < 1.29 is 28.8 Å². The number of rotatable bonds is 0. The van der Waals surface area contributed by atoms with E-state index in [4.69, 9.17) is 18.9 Å². The largest absolute Gasteiger partial charge is 0.390 e. The predicted octanol–water partition coefficient (Wildman–Crippen LogP) is 1.93. The Morgan fingerprint density at radius 3 is 1.57 bits per heavy atom. The summed E-state index contributed by atoms with van der Waals surface area (Å²) in [6, 6.07) is 0. The molecule has 2 saturated heterocycles. The van der Waals surface area contributed by atoms with Crippen molar-refractivity contribution >= 4 is 5.78 Å². The summed E-state index contributed by atoms with van der Waals surface area (Å²) < 4.78 is 22.0. The van der Waals surface area contributed by atoms with E-state index in [2.05, 4.69) is 0 Å². The molecule has 0 amide bonds. The van der Waals surface area contributed by atoms with Crippen molar-refractivity contribution in [2.45, 2.75) is 75.5 Å². The highest BCUT2D eigenvalue weighted by molar-refractivity contribution is 5.79. The first kappa shape index (κ1) is 17.3. The van der Waals surface area contributed by atoms with E-state index in [1.807, 2.05) is 6.92 Å². The third kappa shape index (κ3) is 4.31. The Kier molecular flexibility index (Phi) is 5.09. The Hall–Kier alpha value is -0.530. The molecule has 0 atom stereocenters. The van der Waals surface area contributed by atoms with E-state index >= 15 is 0 Å². The van der Waals surface area contributed by atoms with E-state index in [0.717, 1.165) is 38.5 Å². The highest BCUT2D eigenvalue weighted by Gasteiger charge is 2.43. The first-order valence-corrected chi connectivity index (χ1v) is 8.73. The Morgan fingerprint density at radius 1 is 0.739 bits per heavy atom. The van der Waals surface area contributed by atoms with Gasteiger partial charge in [0.25, 0.3) is 0 Å². The van der Waals surface area contributed by atoms with E-state index in [0.29, 0.717) is 45.1 Å². The Balaban J connectivity index is 0.000000136. The molecule has 0 unspecified atom stereocenters. The third-order valence-corrected chi connectivity index (χ3v) is 5.29. The summed E-state index contributed by atoms with van der Waals surface area (Å²) in [4.78, 5) is 10.9. The minimum Gasteiger partial charge on any atom is -0.390 e. The molecular weight excluding hydrogens is 300 g/mol. The van der Waals surface area contributed by atoms with Crippen LogP contribution in [0, 0.1) is 0 Å². The Labute approximate surface area is 137 Å². The third-order valence-electron chi connectivity index (χ3n) is 5.29. The van der Waals surface area contributed by atoms with Crippen LogP contribution in [0.3, 0.4) is 0 Å². The molecule has 0 aromatic rings. The number of aliphatic hydroxyl groups is 1. The summed E-state index contributed by atoms with van der Waals surface area (Å²) in [6.45, 7) is 4.68. The number of hydrogen-bond acceptors (Lipinski definition) is 6.